The maximum Gasteiger partial charge on any atom is 0.255 e. The molecular weight excluding hydrogens is 396 g/mol. The molecule has 5 atom stereocenters. The van der Waals surface area contributed by atoms with Crippen molar-refractivity contribution in [1.82, 2.24) is 0 Å². The minimum atomic E-state index is -0.0952. The Morgan fingerprint density at radius 2 is 1.75 bits per heavy atom. The average Bonchev–Trinajstić information content (AvgIpc) is 3.47. The first-order chi connectivity index (χ1) is 15.7. The molecule has 1 amide bonds. The largest absolute Gasteiger partial charge is 0.495 e. The van der Waals surface area contributed by atoms with Crippen molar-refractivity contribution in [2.24, 2.45) is 17.8 Å². The van der Waals surface area contributed by atoms with Gasteiger partial charge in [0.2, 0.25) is 0 Å². The summed E-state index contributed by atoms with van der Waals surface area (Å²) >= 11 is 0. The Morgan fingerprint density at radius 3 is 2.59 bits per heavy atom. The minimum Gasteiger partial charge on any atom is -0.495 e. The standard InChI is InChI=1S/C28H28N2O2/c1-32-24-10-6-5-9-23(24)30-28(31)20-13-14-22-21(16-20)25-18-11-12-19(15-18)26(25)27(29-22)17-7-3-2-4-8-17/h2-10,13-14,16,18-19,25-27,29H,11-12,15H2,1H3,(H,30,31)/t18-,19+,25+,26+,27+/m1/s1. The van der Waals surface area contributed by atoms with E-state index in [1.807, 2.05) is 30.3 Å². The molecule has 162 valence electrons. The first-order valence-electron chi connectivity index (χ1n) is 11.6. The van der Waals surface area contributed by atoms with Crippen LogP contribution in [-0.2, 0) is 0 Å². The summed E-state index contributed by atoms with van der Waals surface area (Å²) in [5, 5.41) is 6.88. The number of rotatable bonds is 4. The molecule has 3 aliphatic rings. The molecule has 4 nitrogen and oxygen atoms in total. The fraction of sp³-hybridized carbons (Fsp3) is 0.321. The molecule has 0 radical (unpaired) electrons. The molecule has 0 spiro atoms. The van der Waals surface area contributed by atoms with Crippen LogP contribution in [0.1, 0.15) is 52.7 Å². The minimum absolute atomic E-state index is 0.0952. The van der Waals surface area contributed by atoms with Gasteiger partial charge in [-0.1, -0.05) is 42.5 Å². The zero-order chi connectivity index (χ0) is 21.7. The van der Waals surface area contributed by atoms with E-state index in [0.717, 1.165) is 11.8 Å². The summed E-state index contributed by atoms with van der Waals surface area (Å²) in [6.45, 7) is 0. The Morgan fingerprint density at radius 1 is 0.969 bits per heavy atom. The van der Waals surface area contributed by atoms with Gasteiger partial charge in [0, 0.05) is 11.3 Å². The van der Waals surface area contributed by atoms with Crippen LogP contribution in [0.3, 0.4) is 0 Å². The number of hydrogen-bond acceptors (Lipinski definition) is 3. The molecule has 4 heteroatoms. The Bertz CT molecular complexity index is 1160. The van der Waals surface area contributed by atoms with Crippen LogP contribution >= 0.6 is 0 Å². The Hall–Kier alpha value is -3.27. The highest BCUT2D eigenvalue weighted by molar-refractivity contribution is 6.05. The van der Waals surface area contributed by atoms with Crippen molar-refractivity contribution < 1.29 is 9.53 Å². The highest BCUT2D eigenvalue weighted by Crippen LogP contribution is 2.63. The molecule has 0 unspecified atom stereocenters. The van der Waals surface area contributed by atoms with Crippen molar-refractivity contribution >= 4 is 17.3 Å². The second-order valence-electron chi connectivity index (χ2n) is 9.43. The van der Waals surface area contributed by atoms with Gasteiger partial charge in [0.05, 0.1) is 18.8 Å². The molecule has 2 saturated carbocycles. The summed E-state index contributed by atoms with van der Waals surface area (Å²) in [6, 6.07) is 24.9. The number of ether oxygens (including phenoxy) is 1. The molecule has 2 fully saturated rings. The predicted octanol–water partition coefficient (Wildman–Crippen LogP) is 6.24. The maximum absolute atomic E-state index is 13.1. The number of carbonyl (C=O) groups excluding carboxylic acids is 1. The van der Waals surface area contributed by atoms with Crippen LogP contribution < -0.4 is 15.4 Å². The van der Waals surface area contributed by atoms with E-state index in [2.05, 4.69) is 53.1 Å². The lowest BCUT2D eigenvalue weighted by molar-refractivity contribution is 0.102. The smallest absolute Gasteiger partial charge is 0.255 e. The fourth-order valence-corrected chi connectivity index (χ4v) is 6.56. The first kappa shape index (κ1) is 19.4. The van der Waals surface area contributed by atoms with Crippen molar-refractivity contribution in [2.75, 3.05) is 17.7 Å². The molecule has 2 N–H and O–H groups in total. The summed E-state index contributed by atoms with van der Waals surface area (Å²) in [5.74, 6) is 3.18. The Balaban J connectivity index is 1.35. The third-order valence-electron chi connectivity index (χ3n) is 7.86. The van der Waals surface area contributed by atoms with Crippen LogP contribution in [0.25, 0.3) is 0 Å². The van der Waals surface area contributed by atoms with Crippen LogP contribution in [-0.4, -0.2) is 13.0 Å². The van der Waals surface area contributed by atoms with Crippen LogP contribution in [0.2, 0.25) is 0 Å². The summed E-state index contributed by atoms with van der Waals surface area (Å²) in [7, 11) is 1.62. The molecule has 1 heterocycles. The van der Waals surface area contributed by atoms with Gasteiger partial charge in [0.1, 0.15) is 5.75 Å². The fourth-order valence-electron chi connectivity index (χ4n) is 6.56. The zero-order valence-electron chi connectivity index (χ0n) is 18.3. The molecule has 6 rings (SSSR count). The van der Waals surface area contributed by atoms with Gasteiger partial charge in [0.25, 0.3) is 5.91 Å². The van der Waals surface area contributed by atoms with E-state index in [9.17, 15) is 4.79 Å². The molecule has 0 aromatic heterocycles. The van der Waals surface area contributed by atoms with Crippen molar-refractivity contribution in [1.29, 1.82) is 0 Å². The number of carbonyl (C=O) groups is 1. The summed E-state index contributed by atoms with van der Waals surface area (Å²) < 4.78 is 5.39. The number of amides is 1. The number of anilines is 2. The first-order valence-corrected chi connectivity index (χ1v) is 11.6. The second kappa shape index (κ2) is 7.70. The van der Waals surface area contributed by atoms with E-state index >= 15 is 0 Å². The van der Waals surface area contributed by atoms with Crippen LogP contribution in [0.5, 0.6) is 5.75 Å². The molecule has 3 aromatic rings. The Labute approximate surface area is 189 Å². The number of benzene rings is 3. The van der Waals surface area contributed by atoms with Gasteiger partial charge >= 0.3 is 0 Å². The second-order valence-corrected chi connectivity index (χ2v) is 9.43. The summed E-state index contributed by atoms with van der Waals surface area (Å²) in [5.41, 5.74) is 5.27. The lowest BCUT2D eigenvalue weighted by atomic mass is 9.68. The van der Waals surface area contributed by atoms with Gasteiger partial charge in [-0.15, -0.1) is 0 Å². The number of fused-ring (bicyclic) bond motifs is 7. The number of methoxy groups -OCH3 is 1. The third-order valence-corrected chi connectivity index (χ3v) is 7.86. The quantitative estimate of drug-likeness (QED) is 0.521. The van der Waals surface area contributed by atoms with E-state index in [0.29, 0.717) is 34.9 Å². The van der Waals surface area contributed by atoms with Crippen molar-refractivity contribution in [3.05, 3.63) is 89.5 Å². The van der Waals surface area contributed by atoms with Crippen molar-refractivity contribution in [3.8, 4) is 5.75 Å². The van der Waals surface area contributed by atoms with Gasteiger partial charge in [-0.25, -0.2) is 0 Å². The average molecular weight is 425 g/mol. The predicted molar refractivity (Wildman–Crippen MR) is 127 cm³/mol. The monoisotopic (exact) mass is 424 g/mol. The van der Waals surface area contributed by atoms with Gasteiger partial charge in [-0.05, 0) is 84.4 Å². The number of nitrogens with one attached hydrogen (secondary N) is 2. The van der Waals surface area contributed by atoms with Crippen LogP contribution in [0.4, 0.5) is 11.4 Å². The van der Waals surface area contributed by atoms with Gasteiger partial charge in [-0.2, -0.15) is 0 Å². The van der Waals surface area contributed by atoms with E-state index < -0.39 is 0 Å². The lowest BCUT2D eigenvalue weighted by Gasteiger charge is -2.43. The van der Waals surface area contributed by atoms with Crippen LogP contribution in [0.15, 0.2) is 72.8 Å². The highest BCUT2D eigenvalue weighted by atomic mass is 16.5. The molecule has 0 saturated heterocycles. The molecule has 2 aliphatic carbocycles. The topological polar surface area (TPSA) is 50.4 Å². The van der Waals surface area contributed by atoms with E-state index in [1.165, 1.54) is 36.1 Å². The zero-order valence-corrected chi connectivity index (χ0v) is 18.3. The molecule has 2 bridgehead atoms. The lowest BCUT2D eigenvalue weighted by Crippen LogP contribution is -2.35. The molecule has 3 aromatic carbocycles. The molecular formula is C28H28N2O2. The SMILES string of the molecule is COc1ccccc1NC(=O)c1ccc2c(c1)[C@@H]1[C@@H]3CC[C@@H](C3)[C@@H]1[C@H](c1ccccc1)N2. The van der Waals surface area contributed by atoms with Crippen LogP contribution in [0, 0.1) is 17.8 Å². The Kier molecular flexibility index (Phi) is 4.67. The number of hydrogen-bond donors (Lipinski definition) is 2. The normalized spacial score (nSPS) is 27.2. The summed E-state index contributed by atoms with van der Waals surface area (Å²) in [4.78, 5) is 13.1. The van der Waals surface area contributed by atoms with E-state index in [1.54, 1.807) is 7.11 Å². The van der Waals surface area contributed by atoms with E-state index in [4.69, 9.17) is 4.74 Å². The van der Waals surface area contributed by atoms with Crippen molar-refractivity contribution in [2.45, 2.75) is 31.2 Å². The van der Waals surface area contributed by atoms with Gasteiger partial charge < -0.3 is 15.4 Å². The van der Waals surface area contributed by atoms with E-state index in [-0.39, 0.29) is 5.91 Å². The third kappa shape index (κ3) is 3.09. The summed E-state index contributed by atoms with van der Waals surface area (Å²) in [6.07, 6.45) is 3.96. The van der Waals surface area contributed by atoms with Gasteiger partial charge in [-0.3, -0.25) is 4.79 Å². The number of para-hydroxylation sites is 2. The molecule has 32 heavy (non-hydrogen) atoms. The van der Waals surface area contributed by atoms with Crippen molar-refractivity contribution in [3.63, 3.8) is 0 Å². The highest BCUT2D eigenvalue weighted by Gasteiger charge is 2.53. The van der Waals surface area contributed by atoms with Gasteiger partial charge in [0.15, 0.2) is 0 Å². The molecule has 1 aliphatic heterocycles. The maximum atomic E-state index is 13.1.